The number of carbonyl (C=O) groups is 1. The SMILES string of the molecule is Cc1ccc(/C(O)=C2\C(=N)N(c3ccc(C)cc3)C3=C(C(=O)CCC3)C2c2cccs2)cc1. The molecule has 33 heavy (non-hydrogen) atoms. The molecule has 0 radical (unpaired) electrons. The van der Waals surface area contributed by atoms with E-state index in [4.69, 9.17) is 0 Å². The molecule has 4 nitrogen and oxygen atoms in total. The van der Waals surface area contributed by atoms with E-state index in [-0.39, 0.29) is 17.4 Å². The van der Waals surface area contributed by atoms with Crippen molar-refractivity contribution in [3.8, 4) is 0 Å². The van der Waals surface area contributed by atoms with E-state index >= 15 is 0 Å². The van der Waals surface area contributed by atoms with Gasteiger partial charge in [0.05, 0.1) is 11.5 Å². The minimum absolute atomic E-state index is 0.0560. The highest BCUT2D eigenvalue weighted by molar-refractivity contribution is 7.10. The largest absolute Gasteiger partial charge is 0.507 e. The van der Waals surface area contributed by atoms with Crippen LogP contribution in [0.3, 0.4) is 0 Å². The van der Waals surface area contributed by atoms with Crippen LogP contribution in [0.25, 0.3) is 5.76 Å². The van der Waals surface area contributed by atoms with Crippen molar-refractivity contribution >= 4 is 34.4 Å². The van der Waals surface area contributed by atoms with E-state index in [9.17, 15) is 15.3 Å². The van der Waals surface area contributed by atoms with Gasteiger partial charge in [0.1, 0.15) is 11.6 Å². The zero-order chi connectivity index (χ0) is 23.1. The molecular formula is C28H26N2O2S. The number of rotatable bonds is 3. The molecule has 0 saturated heterocycles. The van der Waals surface area contributed by atoms with Gasteiger partial charge in [-0.05, 0) is 50.3 Å². The van der Waals surface area contributed by atoms with E-state index in [1.165, 1.54) is 0 Å². The van der Waals surface area contributed by atoms with Crippen LogP contribution in [0.4, 0.5) is 5.69 Å². The van der Waals surface area contributed by atoms with Gasteiger partial charge in [0, 0.05) is 33.8 Å². The van der Waals surface area contributed by atoms with Gasteiger partial charge >= 0.3 is 0 Å². The van der Waals surface area contributed by atoms with Crippen molar-refractivity contribution in [3.05, 3.63) is 104 Å². The van der Waals surface area contributed by atoms with E-state index in [1.54, 1.807) is 11.3 Å². The van der Waals surface area contributed by atoms with E-state index in [1.807, 2.05) is 84.8 Å². The summed E-state index contributed by atoms with van der Waals surface area (Å²) in [5.41, 5.74) is 5.80. The minimum Gasteiger partial charge on any atom is -0.507 e. The number of carbonyl (C=O) groups excluding carboxylic acids is 1. The molecule has 2 N–H and O–H groups in total. The van der Waals surface area contributed by atoms with Crippen LogP contribution in [0.5, 0.6) is 0 Å². The zero-order valence-corrected chi connectivity index (χ0v) is 19.6. The molecule has 5 heteroatoms. The molecule has 2 heterocycles. The highest BCUT2D eigenvalue weighted by atomic mass is 32.1. The van der Waals surface area contributed by atoms with E-state index < -0.39 is 5.92 Å². The number of amidine groups is 1. The predicted octanol–water partition coefficient (Wildman–Crippen LogP) is 6.92. The molecule has 0 spiro atoms. The summed E-state index contributed by atoms with van der Waals surface area (Å²) in [4.78, 5) is 16.2. The van der Waals surface area contributed by atoms with Crippen molar-refractivity contribution in [2.45, 2.75) is 39.0 Å². The first-order valence-corrected chi connectivity index (χ1v) is 12.1. The zero-order valence-electron chi connectivity index (χ0n) is 18.8. The van der Waals surface area contributed by atoms with Gasteiger partial charge in [0.25, 0.3) is 0 Å². The number of Topliss-reactive ketones (excluding diaryl/α,β-unsaturated/α-hetero) is 1. The lowest BCUT2D eigenvalue weighted by Gasteiger charge is -2.41. The number of hydrogen-bond donors (Lipinski definition) is 2. The van der Waals surface area contributed by atoms with Gasteiger partial charge in [-0.25, -0.2) is 0 Å². The number of hydrogen-bond acceptors (Lipinski definition) is 4. The summed E-state index contributed by atoms with van der Waals surface area (Å²) in [6.07, 6.45) is 2.00. The van der Waals surface area contributed by atoms with Crippen molar-refractivity contribution in [1.29, 1.82) is 5.41 Å². The Labute approximate surface area is 198 Å². The van der Waals surface area contributed by atoms with Gasteiger partial charge in [0.2, 0.25) is 0 Å². The van der Waals surface area contributed by atoms with Crippen LogP contribution in [0.1, 0.15) is 46.7 Å². The predicted molar refractivity (Wildman–Crippen MR) is 135 cm³/mol. The number of allylic oxidation sites excluding steroid dienone is 2. The molecule has 1 aromatic heterocycles. The highest BCUT2D eigenvalue weighted by Gasteiger charge is 2.43. The fourth-order valence-electron chi connectivity index (χ4n) is 4.78. The second-order valence-electron chi connectivity index (χ2n) is 8.73. The van der Waals surface area contributed by atoms with Crippen molar-refractivity contribution in [2.24, 2.45) is 0 Å². The molecule has 0 amide bonds. The maximum absolute atomic E-state index is 13.4. The molecule has 1 aliphatic carbocycles. The maximum Gasteiger partial charge on any atom is 0.161 e. The Morgan fingerprint density at radius 1 is 1.00 bits per heavy atom. The Hall–Kier alpha value is -3.44. The lowest BCUT2D eigenvalue weighted by atomic mass is 9.76. The number of benzene rings is 2. The Morgan fingerprint density at radius 3 is 2.30 bits per heavy atom. The number of thiophene rings is 1. The molecule has 1 atom stereocenters. The number of nitrogens with zero attached hydrogens (tertiary/aromatic N) is 1. The second-order valence-corrected chi connectivity index (χ2v) is 9.71. The molecule has 1 aliphatic heterocycles. The molecule has 2 aliphatic rings. The summed E-state index contributed by atoms with van der Waals surface area (Å²) in [6.45, 7) is 4.03. The van der Waals surface area contributed by atoms with Crippen molar-refractivity contribution < 1.29 is 9.90 Å². The summed E-state index contributed by atoms with van der Waals surface area (Å²) in [7, 11) is 0. The standard InChI is InChI=1S/C28H26N2O2S/c1-17-8-12-19(13-9-17)27(32)26-25(23-7-4-16-33-23)24-21(5-3-6-22(24)31)30(28(26)29)20-14-10-18(2)11-15-20/h4,7-16,25,29,32H,3,5-6H2,1-2H3/b27-26+,29-28?. The Balaban J connectivity index is 1.80. The lowest BCUT2D eigenvalue weighted by molar-refractivity contribution is -0.116. The topological polar surface area (TPSA) is 64.4 Å². The second kappa shape index (κ2) is 8.49. The van der Waals surface area contributed by atoms with Gasteiger partial charge < -0.3 is 5.11 Å². The highest BCUT2D eigenvalue weighted by Crippen LogP contribution is 2.48. The molecular weight excluding hydrogens is 428 g/mol. The van der Waals surface area contributed by atoms with Crippen LogP contribution < -0.4 is 4.90 Å². The Morgan fingerprint density at radius 2 is 1.67 bits per heavy atom. The Bertz CT molecular complexity index is 1280. The van der Waals surface area contributed by atoms with E-state index in [0.717, 1.165) is 40.2 Å². The molecule has 2 aromatic carbocycles. The van der Waals surface area contributed by atoms with Gasteiger partial charge in [-0.3, -0.25) is 15.1 Å². The summed E-state index contributed by atoms with van der Waals surface area (Å²) in [5, 5.41) is 22.8. The molecule has 0 bridgehead atoms. The monoisotopic (exact) mass is 454 g/mol. The van der Waals surface area contributed by atoms with Crippen LogP contribution in [-0.2, 0) is 4.79 Å². The minimum atomic E-state index is -0.441. The first-order chi connectivity index (χ1) is 16.0. The van der Waals surface area contributed by atoms with E-state index in [0.29, 0.717) is 23.1 Å². The third-order valence-electron chi connectivity index (χ3n) is 6.45. The third kappa shape index (κ3) is 3.72. The fraction of sp³-hybridized carbons (Fsp3) is 0.214. The Kier molecular flexibility index (Phi) is 5.51. The van der Waals surface area contributed by atoms with Gasteiger partial charge in [-0.1, -0.05) is 53.6 Å². The summed E-state index contributed by atoms with van der Waals surface area (Å²) >= 11 is 1.56. The normalized spacial score (nSPS) is 20.2. The lowest BCUT2D eigenvalue weighted by Crippen LogP contribution is -2.42. The number of anilines is 1. The third-order valence-corrected chi connectivity index (χ3v) is 7.39. The van der Waals surface area contributed by atoms with E-state index in [2.05, 4.69) is 0 Å². The molecule has 166 valence electrons. The quantitative estimate of drug-likeness (QED) is 0.422. The van der Waals surface area contributed by atoms with Crippen molar-refractivity contribution in [2.75, 3.05) is 4.90 Å². The molecule has 0 saturated carbocycles. The molecule has 5 rings (SSSR count). The summed E-state index contributed by atoms with van der Waals surface area (Å²) in [6, 6.07) is 19.6. The molecule has 0 fully saturated rings. The average Bonchev–Trinajstić information content (AvgIpc) is 3.34. The van der Waals surface area contributed by atoms with Gasteiger partial charge in [-0.2, -0.15) is 0 Å². The molecule has 1 unspecified atom stereocenters. The van der Waals surface area contributed by atoms with Gasteiger partial charge in [-0.15, -0.1) is 11.3 Å². The smallest absolute Gasteiger partial charge is 0.161 e. The number of ketones is 1. The van der Waals surface area contributed by atoms with Crippen LogP contribution in [-0.4, -0.2) is 16.7 Å². The van der Waals surface area contributed by atoms with Gasteiger partial charge in [0.15, 0.2) is 5.78 Å². The van der Waals surface area contributed by atoms with Crippen molar-refractivity contribution in [1.82, 2.24) is 0 Å². The summed E-state index contributed by atoms with van der Waals surface area (Å²) < 4.78 is 0. The fourth-order valence-corrected chi connectivity index (χ4v) is 5.62. The molecule has 3 aromatic rings. The average molecular weight is 455 g/mol. The number of aryl methyl sites for hydroxylation is 2. The van der Waals surface area contributed by atoms with Crippen LogP contribution in [0, 0.1) is 19.3 Å². The number of nitrogens with one attached hydrogen (secondary N) is 1. The number of aliphatic hydroxyl groups excluding tert-OH is 1. The van der Waals surface area contributed by atoms with Crippen LogP contribution in [0.2, 0.25) is 0 Å². The van der Waals surface area contributed by atoms with Crippen LogP contribution >= 0.6 is 11.3 Å². The first-order valence-electron chi connectivity index (χ1n) is 11.2. The summed E-state index contributed by atoms with van der Waals surface area (Å²) in [5.74, 6) is -0.0546. The maximum atomic E-state index is 13.4. The van der Waals surface area contributed by atoms with Crippen molar-refractivity contribution in [3.63, 3.8) is 0 Å². The number of aliphatic hydroxyl groups is 1. The first kappa shape index (κ1) is 21.4. The van der Waals surface area contributed by atoms with Crippen LogP contribution in [0.15, 0.2) is 82.9 Å².